The molecular weight excluding hydrogens is 266 g/mol. The first-order chi connectivity index (χ1) is 10.2. The molecule has 0 N–H and O–H groups in total. The Morgan fingerprint density at radius 3 is 2.67 bits per heavy atom. The van der Waals surface area contributed by atoms with Crippen LogP contribution in [-0.2, 0) is 15.9 Å². The molecule has 0 aliphatic carbocycles. The van der Waals surface area contributed by atoms with Crippen molar-refractivity contribution < 1.29 is 14.3 Å². The van der Waals surface area contributed by atoms with Crippen molar-refractivity contribution in [3.05, 3.63) is 35.4 Å². The Balaban J connectivity index is 1.78. The first-order valence-corrected chi connectivity index (χ1v) is 7.83. The zero-order valence-electron chi connectivity index (χ0n) is 13.0. The minimum atomic E-state index is -0.307. The first kappa shape index (κ1) is 16.0. The van der Waals surface area contributed by atoms with E-state index in [2.05, 4.69) is 4.90 Å². The van der Waals surface area contributed by atoms with E-state index in [-0.39, 0.29) is 19.0 Å². The van der Waals surface area contributed by atoms with Crippen LogP contribution >= 0.6 is 0 Å². The fraction of sp³-hybridized carbons (Fsp3) is 0.588. The first-order valence-electron chi connectivity index (χ1n) is 7.83. The van der Waals surface area contributed by atoms with E-state index >= 15 is 0 Å². The lowest BCUT2D eigenvalue weighted by Gasteiger charge is -2.31. The number of nitrogens with zero attached hydrogens (tertiary/aromatic N) is 1. The molecule has 21 heavy (non-hydrogen) atoms. The van der Waals surface area contributed by atoms with Crippen LogP contribution in [0.5, 0.6) is 0 Å². The molecule has 0 aromatic heterocycles. The van der Waals surface area contributed by atoms with Crippen molar-refractivity contribution in [3.8, 4) is 0 Å². The molecule has 0 radical (unpaired) electrons. The maximum absolute atomic E-state index is 12.1. The third-order valence-corrected chi connectivity index (χ3v) is 4.02. The maximum Gasteiger partial charge on any atom is 0.340 e. The molecule has 1 unspecified atom stereocenters. The molecule has 2 rings (SSSR count). The third-order valence-electron chi connectivity index (χ3n) is 4.02. The molecule has 1 aromatic carbocycles. The lowest BCUT2D eigenvalue weighted by molar-refractivity contribution is -0.119. The van der Waals surface area contributed by atoms with Gasteiger partial charge in [-0.2, -0.15) is 0 Å². The number of aryl methyl sites for hydroxylation is 1. The molecule has 0 amide bonds. The summed E-state index contributed by atoms with van der Waals surface area (Å²) in [6, 6.07) is 7.54. The molecule has 4 heteroatoms. The van der Waals surface area contributed by atoms with E-state index in [0.717, 1.165) is 25.1 Å². The number of rotatable bonds is 6. The summed E-state index contributed by atoms with van der Waals surface area (Å²) >= 11 is 0. The van der Waals surface area contributed by atoms with Gasteiger partial charge in [0.25, 0.3) is 0 Å². The third kappa shape index (κ3) is 4.55. The summed E-state index contributed by atoms with van der Waals surface area (Å²) in [6.45, 7) is 6.18. The van der Waals surface area contributed by atoms with Crippen LogP contribution in [0.25, 0.3) is 0 Å². The zero-order chi connectivity index (χ0) is 15.1. The van der Waals surface area contributed by atoms with Crippen molar-refractivity contribution in [2.75, 3.05) is 19.9 Å². The highest BCUT2D eigenvalue weighted by molar-refractivity contribution is 5.91. The van der Waals surface area contributed by atoms with Crippen LogP contribution in [-0.4, -0.2) is 37.0 Å². The van der Waals surface area contributed by atoms with E-state index in [1.54, 1.807) is 6.07 Å². The van der Waals surface area contributed by atoms with E-state index in [0.29, 0.717) is 5.56 Å². The van der Waals surface area contributed by atoms with Gasteiger partial charge < -0.3 is 9.47 Å². The molecule has 1 saturated heterocycles. The molecule has 1 aliphatic heterocycles. The Labute approximate surface area is 127 Å². The van der Waals surface area contributed by atoms with Crippen LogP contribution in [0.4, 0.5) is 0 Å². The van der Waals surface area contributed by atoms with Gasteiger partial charge in [-0.1, -0.05) is 31.5 Å². The quantitative estimate of drug-likeness (QED) is 0.596. The number of hydrogen-bond donors (Lipinski definition) is 0. The molecule has 0 bridgehead atoms. The van der Waals surface area contributed by atoms with E-state index in [1.807, 2.05) is 32.0 Å². The summed E-state index contributed by atoms with van der Waals surface area (Å²) in [5.41, 5.74) is 1.64. The minimum absolute atomic E-state index is 0.000445. The smallest absolute Gasteiger partial charge is 0.340 e. The monoisotopic (exact) mass is 291 g/mol. The van der Waals surface area contributed by atoms with Gasteiger partial charge in [0.1, 0.15) is 6.23 Å². The van der Waals surface area contributed by atoms with Gasteiger partial charge in [-0.05, 0) is 37.8 Å². The van der Waals surface area contributed by atoms with Crippen molar-refractivity contribution in [2.24, 2.45) is 0 Å². The summed E-state index contributed by atoms with van der Waals surface area (Å²) in [5, 5.41) is 0. The molecule has 1 aliphatic rings. The number of hydrogen-bond acceptors (Lipinski definition) is 4. The van der Waals surface area contributed by atoms with Gasteiger partial charge in [-0.3, -0.25) is 4.90 Å². The second-order valence-corrected chi connectivity index (χ2v) is 5.42. The van der Waals surface area contributed by atoms with E-state index in [9.17, 15) is 4.79 Å². The number of benzene rings is 1. The number of esters is 1. The van der Waals surface area contributed by atoms with Gasteiger partial charge in [0.2, 0.25) is 0 Å². The highest BCUT2D eigenvalue weighted by atomic mass is 16.7. The average molecular weight is 291 g/mol. The fourth-order valence-electron chi connectivity index (χ4n) is 2.68. The highest BCUT2D eigenvalue weighted by Crippen LogP contribution is 2.14. The van der Waals surface area contributed by atoms with Crippen molar-refractivity contribution in [3.63, 3.8) is 0 Å². The Hall–Kier alpha value is -1.39. The molecule has 4 nitrogen and oxygen atoms in total. The Kier molecular flexibility index (Phi) is 6.21. The minimum Gasteiger partial charge on any atom is -0.435 e. The SMILES string of the molecule is CCc1ccccc1C(=O)OCOC(C)N1CCCCC1. The molecule has 1 aromatic rings. The maximum atomic E-state index is 12.1. The van der Waals surface area contributed by atoms with Crippen molar-refractivity contribution in [1.29, 1.82) is 0 Å². The fourth-order valence-corrected chi connectivity index (χ4v) is 2.68. The topological polar surface area (TPSA) is 38.8 Å². The number of carbonyl (C=O) groups excluding carboxylic acids is 1. The summed E-state index contributed by atoms with van der Waals surface area (Å²) in [7, 11) is 0. The van der Waals surface area contributed by atoms with Gasteiger partial charge in [-0.15, -0.1) is 0 Å². The van der Waals surface area contributed by atoms with Crippen LogP contribution < -0.4 is 0 Å². The number of piperidine rings is 1. The Morgan fingerprint density at radius 2 is 1.95 bits per heavy atom. The average Bonchev–Trinajstić information content (AvgIpc) is 2.55. The van der Waals surface area contributed by atoms with Crippen LogP contribution in [0.2, 0.25) is 0 Å². The Morgan fingerprint density at radius 1 is 1.24 bits per heavy atom. The summed E-state index contributed by atoms with van der Waals surface area (Å²) in [4.78, 5) is 14.4. The molecule has 0 saturated carbocycles. The lowest BCUT2D eigenvalue weighted by atomic mass is 10.1. The van der Waals surface area contributed by atoms with Gasteiger partial charge in [-0.25, -0.2) is 4.79 Å². The number of carbonyl (C=O) groups is 1. The van der Waals surface area contributed by atoms with Gasteiger partial charge in [0.05, 0.1) is 5.56 Å². The highest BCUT2D eigenvalue weighted by Gasteiger charge is 2.18. The normalized spacial score (nSPS) is 17.4. The van der Waals surface area contributed by atoms with Gasteiger partial charge in [0, 0.05) is 13.1 Å². The molecule has 1 heterocycles. The van der Waals surface area contributed by atoms with Gasteiger partial charge in [0.15, 0.2) is 6.79 Å². The van der Waals surface area contributed by atoms with Crippen LogP contribution in [0.15, 0.2) is 24.3 Å². The predicted molar refractivity (Wildman–Crippen MR) is 82.1 cm³/mol. The van der Waals surface area contributed by atoms with E-state index in [1.165, 1.54) is 19.3 Å². The predicted octanol–water partition coefficient (Wildman–Crippen LogP) is 3.21. The lowest BCUT2D eigenvalue weighted by Crippen LogP contribution is -2.39. The molecule has 116 valence electrons. The largest absolute Gasteiger partial charge is 0.435 e. The van der Waals surface area contributed by atoms with Crippen molar-refractivity contribution in [1.82, 2.24) is 4.90 Å². The van der Waals surface area contributed by atoms with E-state index < -0.39 is 0 Å². The molecular formula is C17H25NO3. The van der Waals surface area contributed by atoms with Crippen LogP contribution in [0.3, 0.4) is 0 Å². The molecule has 1 fully saturated rings. The van der Waals surface area contributed by atoms with Crippen molar-refractivity contribution >= 4 is 5.97 Å². The molecule has 0 spiro atoms. The van der Waals surface area contributed by atoms with E-state index in [4.69, 9.17) is 9.47 Å². The van der Waals surface area contributed by atoms with Crippen molar-refractivity contribution in [2.45, 2.75) is 45.8 Å². The Bertz CT molecular complexity index is 455. The standard InChI is InChI=1S/C17H25NO3/c1-3-15-9-5-6-10-16(15)17(19)21-13-20-14(2)18-11-7-4-8-12-18/h5-6,9-10,14H,3-4,7-8,11-13H2,1-2H3. The summed E-state index contributed by atoms with van der Waals surface area (Å²) < 4.78 is 10.9. The zero-order valence-corrected chi connectivity index (χ0v) is 13.0. The van der Waals surface area contributed by atoms with Crippen LogP contribution in [0.1, 0.15) is 49.0 Å². The summed E-state index contributed by atoms with van der Waals surface area (Å²) in [6.07, 6.45) is 4.55. The molecule has 1 atom stereocenters. The summed E-state index contributed by atoms with van der Waals surface area (Å²) in [5.74, 6) is -0.307. The van der Waals surface area contributed by atoms with Crippen LogP contribution in [0, 0.1) is 0 Å². The van der Waals surface area contributed by atoms with Gasteiger partial charge >= 0.3 is 5.97 Å². The number of ether oxygens (including phenoxy) is 2. The second kappa shape index (κ2) is 8.15. The number of likely N-dealkylation sites (tertiary alicyclic amines) is 1. The second-order valence-electron chi connectivity index (χ2n) is 5.42.